The number of methoxy groups -OCH3 is 2. The highest BCUT2D eigenvalue weighted by molar-refractivity contribution is 6.01. The van der Waals surface area contributed by atoms with Crippen LogP contribution < -0.4 is 0 Å². The van der Waals surface area contributed by atoms with Crippen molar-refractivity contribution in [1.29, 1.82) is 0 Å². The first kappa shape index (κ1) is 22.4. The Morgan fingerprint density at radius 1 is 0.667 bits per heavy atom. The topological polar surface area (TPSA) is 139 Å². The zero-order valence-corrected chi connectivity index (χ0v) is 20.4. The van der Waals surface area contributed by atoms with Gasteiger partial charge in [-0.05, 0) is 60.2 Å². The highest BCUT2D eigenvalue weighted by Gasteiger charge is 3.02. The molecule has 0 aliphatic heterocycles. The molecule has 0 aromatic rings. The summed E-state index contributed by atoms with van der Waals surface area (Å²) in [6.07, 6.45) is -1.18. The summed E-state index contributed by atoms with van der Waals surface area (Å²) in [4.78, 5) is 78.3. The second kappa shape index (κ2) is 6.55. The zero-order chi connectivity index (χ0) is 25.6. The zero-order valence-electron chi connectivity index (χ0n) is 20.4. The number of carbonyl (C=O) groups excluding carboxylic acids is 6. The number of esters is 4. The molecule has 0 spiro atoms. The van der Waals surface area contributed by atoms with Crippen LogP contribution in [0.25, 0.3) is 0 Å². The third kappa shape index (κ3) is 1.91. The summed E-state index contributed by atoms with van der Waals surface area (Å²) >= 11 is 0. The van der Waals surface area contributed by atoms with Crippen molar-refractivity contribution in [3.05, 3.63) is 0 Å². The van der Waals surface area contributed by atoms with Crippen LogP contribution in [0.5, 0.6) is 0 Å². The lowest BCUT2D eigenvalue weighted by molar-refractivity contribution is -0.208. The fourth-order valence-corrected chi connectivity index (χ4v) is 11.8. The number of carbonyl (C=O) groups is 6. The SMILES string of the molecule is COC(=O)[C@]12[C@@H]3[C@@H]4C(=O)[C@@H](OC(C)=O)C[C@H]4[C@@H]4[C@@H]3[C@@H]3[C@@H]1[C@H]1C[C@H](OC(C)=O)C(=O)[C@@H]1[C@@H]3[C@]42C(=O)OC. The molecule has 0 aromatic heterocycles. The van der Waals surface area contributed by atoms with Gasteiger partial charge < -0.3 is 18.9 Å². The van der Waals surface area contributed by atoms with Crippen LogP contribution in [0.2, 0.25) is 0 Å². The predicted octanol–water partition coefficient (Wildman–Crippen LogP) is 0.344. The summed E-state index contributed by atoms with van der Waals surface area (Å²) in [7, 11) is 2.59. The molecule has 0 saturated heterocycles. The molecule has 192 valence electrons. The minimum Gasteiger partial charge on any atom is -0.469 e. The molecule has 0 N–H and O–H groups in total. The summed E-state index contributed by atoms with van der Waals surface area (Å²) in [5, 5.41) is 0. The lowest BCUT2D eigenvalue weighted by atomic mass is 9.43. The first-order chi connectivity index (χ1) is 17.1. The van der Waals surface area contributed by atoms with Crippen molar-refractivity contribution in [2.24, 2.45) is 70.0 Å². The van der Waals surface area contributed by atoms with Crippen LogP contribution in [0, 0.1) is 70.0 Å². The van der Waals surface area contributed by atoms with Gasteiger partial charge in [-0.1, -0.05) is 0 Å². The van der Waals surface area contributed by atoms with Gasteiger partial charge in [-0.25, -0.2) is 0 Å². The van der Waals surface area contributed by atoms with Crippen LogP contribution in [-0.4, -0.2) is 61.9 Å². The standard InChI is InChI=1S/C26H28O10/c1-7(27)35-11-5-9-13(21(11)29)19-15-16-18-10-6-12(36-8(2)28)22(30)14(10)20(16)25(17(9)15,23(31)33-3)26(18,19)24(32)34-4/h9-20H,5-6H2,1-4H3/t9-,10+,11-,12-,13-,14+,15+,16-,17-,18+,19-,20+,25+,26-/m0/s1. The Hall–Kier alpha value is -2.78. The van der Waals surface area contributed by atoms with Crippen molar-refractivity contribution >= 4 is 35.4 Å². The lowest BCUT2D eigenvalue weighted by Gasteiger charge is -2.56. The molecule has 10 heteroatoms. The molecule has 8 fully saturated rings. The van der Waals surface area contributed by atoms with E-state index in [-0.39, 0.29) is 47.1 Å². The van der Waals surface area contributed by atoms with Gasteiger partial charge in [-0.15, -0.1) is 0 Å². The largest absolute Gasteiger partial charge is 0.469 e. The monoisotopic (exact) mass is 500 g/mol. The molecule has 0 heterocycles. The molecule has 8 rings (SSSR count). The molecule has 0 aromatic carbocycles. The van der Waals surface area contributed by atoms with Gasteiger partial charge in [0.2, 0.25) is 0 Å². The van der Waals surface area contributed by atoms with Crippen LogP contribution in [0.1, 0.15) is 26.7 Å². The third-order valence-electron chi connectivity index (χ3n) is 11.4. The number of hydrogen-bond donors (Lipinski definition) is 0. The summed E-state index contributed by atoms with van der Waals surface area (Å²) in [5.74, 6) is -5.69. The quantitative estimate of drug-likeness (QED) is 0.392. The van der Waals surface area contributed by atoms with E-state index in [1.807, 2.05) is 0 Å². The average Bonchev–Trinajstić information content (AvgIpc) is 3.65. The molecule has 14 atom stereocenters. The Kier molecular flexibility index (Phi) is 4.08. The summed E-state index contributed by atoms with van der Waals surface area (Å²) < 4.78 is 21.5. The molecule has 0 radical (unpaired) electrons. The second-order valence-corrected chi connectivity index (χ2v) is 11.8. The third-order valence-corrected chi connectivity index (χ3v) is 11.4. The molecule has 0 unspecified atom stereocenters. The lowest BCUT2D eigenvalue weighted by Crippen LogP contribution is -2.66. The van der Waals surface area contributed by atoms with Crippen LogP contribution in [0.15, 0.2) is 0 Å². The Balaban J connectivity index is 1.41. The summed E-state index contributed by atoms with van der Waals surface area (Å²) in [6.45, 7) is 2.52. The van der Waals surface area contributed by atoms with Gasteiger partial charge in [-0.3, -0.25) is 28.8 Å². The molecule has 8 saturated carbocycles. The molecule has 8 aliphatic rings. The molecule has 36 heavy (non-hydrogen) atoms. The minimum atomic E-state index is -1.28. The highest BCUT2D eigenvalue weighted by Crippen LogP contribution is 2.97. The van der Waals surface area contributed by atoms with Crippen LogP contribution in [-0.2, 0) is 47.7 Å². The molecule has 10 nitrogen and oxygen atoms in total. The second-order valence-electron chi connectivity index (χ2n) is 11.8. The molecule has 8 aliphatic carbocycles. The van der Waals surface area contributed by atoms with E-state index in [4.69, 9.17) is 18.9 Å². The van der Waals surface area contributed by atoms with Gasteiger partial charge in [0.25, 0.3) is 0 Å². The van der Waals surface area contributed by atoms with Gasteiger partial charge >= 0.3 is 23.9 Å². The van der Waals surface area contributed by atoms with E-state index >= 15 is 0 Å². The van der Waals surface area contributed by atoms with E-state index in [0.717, 1.165) is 0 Å². The summed E-state index contributed by atoms with van der Waals surface area (Å²) in [5.41, 5.74) is -2.57. The number of fused-ring (bicyclic) bond motifs is 2. The van der Waals surface area contributed by atoms with Gasteiger partial charge in [-0.2, -0.15) is 0 Å². The van der Waals surface area contributed by atoms with Gasteiger partial charge in [0.1, 0.15) is 0 Å². The van der Waals surface area contributed by atoms with E-state index in [0.29, 0.717) is 12.8 Å². The number of hydrogen-bond acceptors (Lipinski definition) is 10. The maximum atomic E-state index is 13.9. The Bertz CT molecular complexity index is 1090. The molecular formula is C26H28O10. The Labute approximate surface area is 206 Å². The first-order valence-electron chi connectivity index (χ1n) is 12.7. The van der Waals surface area contributed by atoms with E-state index in [2.05, 4.69) is 0 Å². The number of Topliss-reactive ketones (excluding diaryl/α,β-unsaturated/α-hetero) is 2. The van der Waals surface area contributed by atoms with E-state index in [1.54, 1.807) is 0 Å². The Morgan fingerprint density at radius 2 is 1.03 bits per heavy atom. The van der Waals surface area contributed by atoms with E-state index < -0.39 is 70.6 Å². The van der Waals surface area contributed by atoms with Crippen molar-refractivity contribution in [1.82, 2.24) is 0 Å². The van der Waals surface area contributed by atoms with Crippen molar-refractivity contribution in [2.45, 2.75) is 38.9 Å². The Morgan fingerprint density at radius 3 is 1.33 bits per heavy atom. The van der Waals surface area contributed by atoms with Crippen molar-refractivity contribution in [3.8, 4) is 0 Å². The van der Waals surface area contributed by atoms with Crippen molar-refractivity contribution in [2.75, 3.05) is 14.2 Å². The number of ether oxygens (including phenoxy) is 4. The van der Waals surface area contributed by atoms with Crippen LogP contribution >= 0.6 is 0 Å². The maximum Gasteiger partial charge on any atom is 0.313 e. The predicted molar refractivity (Wildman–Crippen MR) is 114 cm³/mol. The molecule has 0 amide bonds. The van der Waals surface area contributed by atoms with E-state index in [1.165, 1.54) is 28.1 Å². The van der Waals surface area contributed by atoms with Gasteiger partial charge in [0.15, 0.2) is 23.8 Å². The number of rotatable bonds is 4. The van der Waals surface area contributed by atoms with Crippen LogP contribution in [0.4, 0.5) is 0 Å². The minimum absolute atomic E-state index is 0.0824. The van der Waals surface area contributed by atoms with Gasteiger partial charge in [0, 0.05) is 25.7 Å². The smallest absolute Gasteiger partial charge is 0.313 e. The summed E-state index contributed by atoms with van der Waals surface area (Å²) in [6, 6.07) is 0. The van der Waals surface area contributed by atoms with E-state index in [9.17, 15) is 28.8 Å². The molecular weight excluding hydrogens is 472 g/mol. The highest BCUT2D eigenvalue weighted by atomic mass is 16.6. The fraction of sp³-hybridized carbons (Fsp3) is 0.769. The fourth-order valence-electron chi connectivity index (χ4n) is 11.8. The number of ketones is 2. The van der Waals surface area contributed by atoms with Crippen LogP contribution in [0.3, 0.4) is 0 Å². The van der Waals surface area contributed by atoms with Crippen molar-refractivity contribution in [3.63, 3.8) is 0 Å². The first-order valence-corrected chi connectivity index (χ1v) is 12.7. The maximum absolute atomic E-state index is 13.9. The van der Waals surface area contributed by atoms with Gasteiger partial charge in [0.05, 0.1) is 25.0 Å². The molecule has 8 bridgehead atoms. The normalized spacial score (nSPS) is 53.6. The average molecular weight is 501 g/mol. The van der Waals surface area contributed by atoms with Crippen molar-refractivity contribution < 1.29 is 47.7 Å².